The van der Waals surface area contributed by atoms with Gasteiger partial charge in [0, 0.05) is 16.8 Å². The van der Waals surface area contributed by atoms with E-state index >= 15 is 0 Å². The topological polar surface area (TPSA) is 142 Å². The minimum Gasteiger partial charge on any atom is -0.548 e. The Labute approximate surface area is 158 Å². The van der Waals surface area contributed by atoms with Gasteiger partial charge in [-0.15, -0.1) is 0 Å². The van der Waals surface area contributed by atoms with Gasteiger partial charge in [-0.2, -0.15) is 0 Å². The third kappa shape index (κ3) is 3.88. The van der Waals surface area contributed by atoms with Gasteiger partial charge >= 0.3 is 5.63 Å². The minimum absolute atomic E-state index is 0.181. The molecule has 9 heteroatoms. The lowest BCUT2D eigenvalue weighted by molar-refractivity contribution is -0.304. The van der Waals surface area contributed by atoms with Crippen molar-refractivity contribution in [2.24, 2.45) is 0 Å². The summed E-state index contributed by atoms with van der Waals surface area (Å²) in [5.41, 5.74) is 2.02. The maximum atomic E-state index is 12.3. The number of furan rings is 1. The molecule has 0 fully saturated rings. The Bertz CT molecular complexity index is 1160. The van der Waals surface area contributed by atoms with E-state index in [-0.39, 0.29) is 12.0 Å². The van der Waals surface area contributed by atoms with E-state index in [1.54, 1.807) is 19.3 Å². The average molecular weight is 385 g/mol. The first-order valence-corrected chi connectivity index (χ1v) is 8.43. The molecule has 28 heavy (non-hydrogen) atoms. The molecular formula is C19H17N2O7-. The van der Waals surface area contributed by atoms with Crippen molar-refractivity contribution in [2.75, 3.05) is 13.1 Å². The Morgan fingerprint density at radius 2 is 1.71 bits per heavy atom. The van der Waals surface area contributed by atoms with Crippen LogP contribution in [0.25, 0.3) is 21.9 Å². The molecule has 3 rings (SSSR count). The number of hydrogen-bond acceptors (Lipinski definition) is 7. The first-order valence-electron chi connectivity index (χ1n) is 8.43. The highest BCUT2D eigenvalue weighted by atomic mass is 16.4. The van der Waals surface area contributed by atoms with Crippen LogP contribution >= 0.6 is 0 Å². The second-order valence-electron chi connectivity index (χ2n) is 6.36. The molecule has 3 aromatic rings. The number of carboxylic acids is 1. The monoisotopic (exact) mass is 385 g/mol. The summed E-state index contributed by atoms with van der Waals surface area (Å²) in [4.78, 5) is 46.1. The number of aryl methyl sites for hydroxylation is 2. The van der Waals surface area contributed by atoms with E-state index in [0.717, 1.165) is 10.9 Å². The highest BCUT2D eigenvalue weighted by molar-refractivity contribution is 5.97. The maximum absolute atomic E-state index is 12.3. The summed E-state index contributed by atoms with van der Waals surface area (Å²) in [6, 6.07) is 3.48. The zero-order valence-electron chi connectivity index (χ0n) is 15.2. The highest BCUT2D eigenvalue weighted by Gasteiger charge is 2.17. The number of rotatable bonds is 6. The van der Waals surface area contributed by atoms with E-state index in [1.807, 2.05) is 13.0 Å². The fourth-order valence-corrected chi connectivity index (χ4v) is 2.88. The van der Waals surface area contributed by atoms with Gasteiger partial charge in [-0.05, 0) is 31.0 Å². The van der Waals surface area contributed by atoms with Crippen LogP contribution in [0.4, 0.5) is 0 Å². The molecule has 0 radical (unpaired) electrons. The quantitative estimate of drug-likeness (QED) is 0.554. The zero-order chi connectivity index (χ0) is 20.4. The molecule has 2 heterocycles. The molecule has 2 N–H and O–H groups in total. The molecule has 0 atom stereocenters. The molecule has 1 aromatic carbocycles. The molecule has 0 spiro atoms. The molecule has 0 saturated heterocycles. The third-order valence-electron chi connectivity index (χ3n) is 4.39. The van der Waals surface area contributed by atoms with Crippen molar-refractivity contribution in [1.82, 2.24) is 10.6 Å². The fourth-order valence-electron chi connectivity index (χ4n) is 2.88. The van der Waals surface area contributed by atoms with Gasteiger partial charge in [-0.3, -0.25) is 9.59 Å². The van der Waals surface area contributed by atoms with Gasteiger partial charge < -0.3 is 29.4 Å². The van der Waals surface area contributed by atoms with E-state index < -0.39 is 36.5 Å². The molecular weight excluding hydrogens is 368 g/mol. The van der Waals surface area contributed by atoms with Gasteiger partial charge in [0.1, 0.15) is 11.2 Å². The SMILES string of the molecule is Cc1coc2cc3oc(=O)c(CC(=O)NCC(=O)NCC(=O)[O-])c(C)c3cc12. The smallest absolute Gasteiger partial charge is 0.340 e. The molecule has 2 aromatic heterocycles. The van der Waals surface area contributed by atoms with Gasteiger partial charge in [0.2, 0.25) is 11.8 Å². The molecule has 0 bridgehead atoms. The Hall–Kier alpha value is -3.62. The Morgan fingerprint density at radius 3 is 2.43 bits per heavy atom. The van der Waals surface area contributed by atoms with Crippen molar-refractivity contribution in [3.8, 4) is 0 Å². The van der Waals surface area contributed by atoms with E-state index in [0.29, 0.717) is 22.1 Å². The maximum Gasteiger partial charge on any atom is 0.340 e. The summed E-state index contributed by atoms with van der Waals surface area (Å²) in [6.07, 6.45) is 1.33. The van der Waals surface area contributed by atoms with Crippen molar-refractivity contribution in [2.45, 2.75) is 20.3 Å². The number of nitrogens with one attached hydrogen (secondary N) is 2. The van der Waals surface area contributed by atoms with E-state index in [9.17, 15) is 24.3 Å². The van der Waals surface area contributed by atoms with Gasteiger partial charge in [0.15, 0.2) is 0 Å². The van der Waals surface area contributed by atoms with E-state index in [4.69, 9.17) is 8.83 Å². The summed E-state index contributed by atoms with van der Waals surface area (Å²) in [7, 11) is 0. The number of hydrogen-bond donors (Lipinski definition) is 2. The van der Waals surface area contributed by atoms with Crippen LogP contribution in [-0.2, 0) is 20.8 Å². The normalized spacial score (nSPS) is 10.9. The predicted octanol–water partition coefficient (Wildman–Crippen LogP) is -0.319. The van der Waals surface area contributed by atoms with Crippen LogP contribution in [0.15, 0.2) is 32.0 Å². The van der Waals surface area contributed by atoms with Crippen molar-refractivity contribution < 1.29 is 28.3 Å². The second kappa shape index (κ2) is 7.55. The van der Waals surface area contributed by atoms with Crippen molar-refractivity contribution in [1.29, 1.82) is 0 Å². The number of fused-ring (bicyclic) bond motifs is 2. The molecule has 0 unspecified atom stereocenters. The Morgan fingerprint density at radius 1 is 1.00 bits per heavy atom. The number of benzene rings is 1. The number of carboxylic acid groups (broad SMARTS) is 1. The Kier molecular flexibility index (Phi) is 5.16. The molecule has 9 nitrogen and oxygen atoms in total. The summed E-state index contributed by atoms with van der Waals surface area (Å²) in [5.74, 6) is -2.69. The van der Waals surface area contributed by atoms with Crippen LogP contribution in [0.5, 0.6) is 0 Å². The van der Waals surface area contributed by atoms with Crippen LogP contribution in [0.3, 0.4) is 0 Å². The number of aliphatic carboxylic acids is 1. The molecule has 2 amide bonds. The Balaban J connectivity index is 1.80. The largest absolute Gasteiger partial charge is 0.548 e. The standard InChI is InChI=1S/C19H18N2O7/c1-9-8-27-14-5-15-12(3-11(9)14)10(2)13(19(26)28-15)4-16(22)20-6-17(23)21-7-18(24)25/h3,5,8H,4,6-7H2,1-2H3,(H,20,22)(H,21,23)(H,24,25)/p-1. The molecule has 0 aliphatic rings. The van der Waals surface area contributed by atoms with Crippen molar-refractivity contribution in [3.63, 3.8) is 0 Å². The number of carbonyl (C=O) groups excluding carboxylic acids is 3. The highest BCUT2D eigenvalue weighted by Crippen LogP contribution is 2.28. The average Bonchev–Trinajstić information content (AvgIpc) is 3.00. The van der Waals surface area contributed by atoms with E-state index in [2.05, 4.69) is 10.6 Å². The predicted molar refractivity (Wildman–Crippen MR) is 96.5 cm³/mol. The van der Waals surface area contributed by atoms with Gasteiger partial charge in [-0.1, -0.05) is 0 Å². The van der Waals surface area contributed by atoms with Crippen molar-refractivity contribution >= 4 is 39.7 Å². The van der Waals surface area contributed by atoms with E-state index in [1.165, 1.54) is 0 Å². The van der Waals surface area contributed by atoms with Crippen LogP contribution in [0.2, 0.25) is 0 Å². The van der Waals surface area contributed by atoms with Gasteiger partial charge in [0.05, 0.1) is 37.3 Å². The van der Waals surface area contributed by atoms with Gasteiger partial charge in [-0.25, -0.2) is 4.79 Å². The molecule has 0 aliphatic carbocycles. The lowest BCUT2D eigenvalue weighted by atomic mass is 10.0. The van der Waals surface area contributed by atoms with Gasteiger partial charge in [0.25, 0.3) is 0 Å². The molecule has 0 aliphatic heterocycles. The van der Waals surface area contributed by atoms with Crippen molar-refractivity contribution in [3.05, 3.63) is 45.5 Å². The summed E-state index contributed by atoms with van der Waals surface area (Å²) in [6.45, 7) is 2.55. The van der Waals surface area contributed by atoms with Crippen LogP contribution in [-0.4, -0.2) is 30.9 Å². The summed E-state index contributed by atoms with van der Waals surface area (Å²) in [5, 5.41) is 16.2. The number of carbonyl (C=O) groups is 3. The second-order valence-corrected chi connectivity index (χ2v) is 6.36. The zero-order valence-corrected chi connectivity index (χ0v) is 15.2. The first kappa shape index (κ1) is 19.2. The van der Waals surface area contributed by atoms with Crippen LogP contribution < -0.4 is 21.4 Å². The number of amides is 2. The lowest BCUT2D eigenvalue weighted by Gasteiger charge is -2.09. The fraction of sp³-hybridized carbons (Fsp3) is 0.263. The molecule has 146 valence electrons. The molecule has 0 saturated carbocycles. The summed E-state index contributed by atoms with van der Waals surface area (Å²) < 4.78 is 10.8. The summed E-state index contributed by atoms with van der Waals surface area (Å²) >= 11 is 0. The van der Waals surface area contributed by atoms with Crippen LogP contribution in [0, 0.1) is 13.8 Å². The lowest BCUT2D eigenvalue weighted by Crippen LogP contribution is -2.43. The van der Waals surface area contributed by atoms with Crippen LogP contribution in [0.1, 0.15) is 16.7 Å². The minimum atomic E-state index is -1.44. The third-order valence-corrected chi connectivity index (χ3v) is 4.39. The first-order chi connectivity index (χ1) is 13.3.